The highest BCUT2D eigenvalue weighted by Gasteiger charge is 2.20. The van der Waals surface area contributed by atoms with E-state index in [1.807, 2.05) is 23.5 Å². The van der Waals surface area contributed by atoms with E-state index in [9.17, 15) is 9.59 Å². The van der Waals surface area contributed by atoms with Crippen molar-refractivity contribution in [3.05, 3.63) is 35.9 Å². The molecule has 0 saturated heterocycles. The first-order chi connectivity index (χ1) is 9.91. The Hall–Kier alpha value is -1.88. The molecule has 3 N–H and O–H groups in total. The molecule has 0 bridgehead atoms. The van der Waals surface area contributed by atoms with Crippen LogP contribution >= 0.6 is 0 Å². The van der Waals surface area contributed by atoms with Crippen LogP contribution in [0, 0.1) is 5.92 Å². The lowest BCUT2D eigenvalue weighted by Crippen LogP contribution is -2.88. The van der Waals surface area contributed by atoms with Crippen LogP contribution in [0.25, 0.3) is 0 Å². The largest absolute Gasteiger partial charge is 0.347 e. The summed E-state index contributed by atoms with van der Waals surface area (Å²) in [7, 11) is 3.34. The number of hydrogen-bond donors (Lipinski definition) is 2. The molecule has 0 unspecified atom stereocenters. The van der Waals surface area contributed by atoms with Crippen LogP contribution in [0.1, 0.15) is 25.5 Å². The number of carbonyl (C=O) groups excluding carboxylic acids is 2. The van der Waals surface area contributed by atoms with Crippen LogP contribution in [0.15, 0.2) is 30.3 Å². The lowest BCUT2D eigenvalue weighted by atomic mass is 9.96. The van der Waals surface area contributed by atoms with Gasteiger partial charge in [-0.25, -0.2) is 0 Å². The van der Waals surface area contributed by atoms with Crippen molar-refractivity contribution in [2.75, 3.05) is 27.2 Å². The summed E-state index contributed by atoms with van der Waals surface area (Å²) < 4.78 is 0. The third-order valence-electron chi connectivity index (χ3n) is 3.40. The molecule has 0 fully saturated rings. The van der Waals surface area contributed by atoms with E-state index < -0.39 is 0 Å². The second-order valence-corrected chi connectivity index (χ2v) is 5.69. The number of likely N-dealkylation sites (N-methyl/N-ethyl adjacent to an activating group) is 1. The monoisotopic (exact) mass is 292 g/mol. The van der Waals surface area contributed by atoms with E-state index >= 15 is 0 Å². The Morgan fingerprint density at radius 2 is 1.81 bits per heavy atom. The predicted molar refractivity (Wildman–Crippen MR) is 82.5 cm³/mol. The zero-order chi connectivity index (χ0) is 15.8. The fraction of sp³-hybridized carbons (Fsp3) is 0.500. The molecule has 0 radical (unpaired) electrons. The first kappa shape index (κ1) is 17.2. The Kier molecular flexibility index (Phi) is 6.88. The third-order valence-corrected chi connectivity index (χ3v) is 3.40. The zero-order valence-electron chi connectivity index (χ0n) is 13.3. The normalized spacial score (nSPS) is 12.0. The van der Waals surface area contributed by atoms with Gasteiger partial charge in [0.25, 0.3) is 5.91 Å². The summed E-state index contributed by atoms with van der Waals surface area (Å²) >= 11 is 0. The van der Waals surface area contributed by atoms with Crippen molar-refractivity contribution in [2.24, 2.45) is 5.92 Å². The maximum atomic E-state index is 11.8. The van der Waals surface area contributed by atoms with Gasteiger partial charge in [-0.1, -0.05) is 44.2 Å². The van der Waals surface area contributed by atoms with Gasteiger partial charge in [-0.2, -0.15) is 0 Å². The number of carbonyl (C=O) groups is 2. The summed E-state index contributed by atoms with van der Waals surface area (Å²) in [6, 6.07) is 10.4. The summed E-state index contributed by atoms with van der Waals surface area (Å²) in [4.78, 5) is 24.7. The van der Waals surface area contributed by atoms with Gasteiger partial charge in [0.2, 0.25) is 5.91 Å². The molecule has 0 heterocycles. The fourth-order valence-electron chi connectivity index (χ4n) is 2.11. The average Bonchev–Trinajstić information content (AvgIpc) is 2.45. The van der Waals surface area contributed by atoms with Crippen molar-refractivity contribution in [1.82, 2.24) is 10.2 Å². The maximum Gasteiger partial charge on any atom is 0.275 e. The lowest BCUT2D eigenvalue weighted by Gasteiger charge is -2.19. The van der Waals surface area contributed by atoms with Gasteiger partial charge >= 0.3 is 0 Å². The molecule has 0 spiro atoms. The van der Waals surface area contributed by atoms with Crippen molar-refractivity contribution in [2.45, 2.75) is 19.9 Å². The lowest BCUT2D eigenvalue weighted by molar-refractivity contribution is -0.692. The summed E-state index contributed by atoms with van der Waals surface area (Å²) in [5.74, 6) is 0.196. The van der Waals surface area contributed by atoms with Gasteiger partial charge in [-0.05, 0) is 0 Å². The van der Waals surface area contributed by atoms with Crippen LogP contribution in [0.2, 0.25) is 0 Å². The third kappa shape index (κ3) is 5.95. The minimum Gasteiger partial charge on any atom is -0.347 e. The number of amides is 2. The van der Waals surface area contributed by atoms with Crippen LogP contribution in [-0.2, 0) is 9.59 Å². The molecule has 21 heavy (non-hydrogen) atoms. The number of nitrogens with one attached hydrogen (secondary N) is 1. The Bertz CT molecular complexity index is 458. The molecular formula is C16H26N3O2+. The summed E-state index contributed by atoms with van der Waals surface area (Å²) in [5, 5.41) is 4.67. The van der Waals surface area contributed by atoms with Crippen LogP contribution < -0.4 is 10.6 Å². The van der Waals surface area contributed by atoms with E-state index in [4.69, 9.17) is 0 Å². The molecule has 1 rings (SSSR count). The Morgan fingerprint density at radius 3 is 2.33 bits per heavy atom. The molecule has 1 atom stereocenters. The molecule has 1 aromatic carbocycles. The predicted octanol–water partition coefficient (Wildman–Crippen LogP) is 0.152. The van der Waals surface area contributed by atoms with Gasteiger partial charge < -0.3 is 15.5 Å². The van der Waals surface area contributed by atoms with Crippen LogP contribution in [0.3, 0.4) is 0 Å². The average molecular weight is 292 g/mol. The van der Waals surface area contributed by atoms with Gasteiger partial charge in [0, 0.05) is 25.6 Å². The number of quaternary nitrogens is 1. The van der Waals surface area contributed by atoms with E-state index in [2.05, 4.69) is 31.3 Å². The number of benzene rings is 1. The first-order valence-electron chi connectivity index (χ1n) is 7.27. The van der Waals surface area contributed by atoms with Gasteiger partial charge in [-0.3, -0.25) is 9.59 Å². The van der Waals surface area contributed by atoms with Crippen molar-refractivity contribution >= 4 is 11.8 Å². The molecule has 5 heteroatoms. The zero-order valence-corrected chi connectivity index (χ0v) is 13.3. The van der Waals surface area contributed by atoms with E-state index in [1.165, 1.54) is 10.5 Å². The molecular weight excluding hydrogens is 266 g/mol. The van der Waals surface area contributed by atoms with Gasteiger partial charge in [0.1, 0.15) is 6.04 Å². The van der Waals surface area contributed by atoms with Crippen LogP contribution in [0.4, 0.5) is 0 Å². The number of hydrogen-bond acceptors (Lipinski definition) is 2. The van der Waals surface area contributed by atoms with E-state index in [-0.39, 0.29) is 24.4 Å². The summed E-state index contributed by atoms with van der Waals surface area (Å²) in [6.45, 7) is 4.65. The maximum absolute atomic E-state index is 11.8. The molecule has 0 aliphatic heterocycles. The molecule has 116 valence electrons. The smallest absolute Gasteiger partial charge is 0.275 e. The molecule has 0 aliphatic rings. The Labute approximate surface area is 126 Å². The van der Waals surface area contributed by atoms with Crippen molar-refractivity contribution in [3.8, 4) is 0 Å². The second-order valence-electron chi connectivity index (χ2n) is 5.69. The quantitative estimate of drug-likeness (QED) is 0.751. The molecule has 0 aliphatic carbocycles. The molecule has 0 aromatic heterocycles. The number of rotatable bonds is 7. The van der Waals surface area contributed by atoms with E-state index in [0.29, 0.717) is 12.5 Å². The summed E-state index contributed by atoms with van der Waals surface area (Å²) in [5.41, 5.74) is 1.21. The minimum atomic E-state index is -0.119. The van der Waals surface area contributed by atoms with Gasteiger partial charge in [-0.15, -0.1) is 0 Å². The first-order valence-corrected chi connectivity index (χ1v) is 7.27. The number of nitrogens with zero attached hydrogens (tertiary/aromatic N) is 1. The molecule has 0 saturated carbocycles. The number of nitrogens with two attached hydrogens (primary N) is 1. The topological polar surface area (TPSA) is 66.0 Å². The van der Waals surface area contributed by atoms with E-state index in [0.717, 1.165) is 0 Å². The van der Waals surface area contributed by atoms with Crippen LogP contribution in [0.5, 0.6) is 0 Å². The SMILES string of the molecule is CC(C)[C@H]([NH2+]CC(=O)NCC(=O)N(C)C)c1ccccc1. The van der Waals surface area contributed by atoms with Crippen molar-refractivity contribution in [3.63, 3.8) is 0 Å². The minimum absolute atomic E-state index is 0.0529. The molecule has 5 nitrogen and oxygen atoms in total. The van der Waals surface area contributed by atoms with Crippen LogP contribution in [-0.4, -0.2) is 43.9 Å². The summed E-state index contributed by atoms with van der Waals surface area (Å²) in [6.07, 6.45) is 0. The standard InChI is InChI=1S/C16H25N3O2/c1-12(2)16(13-8-6-5-7-9-13)18-10-14(20)17-11-15(21)19(3)4/h5-9,12,16,18H,10-11H2,1-4H3,(H,17,20)/p+1/t16-/m0/s1. The van der Waals surface area contributed by atoms with Gasteiger partial charge in [0.05, 0.1) is 6.54 Å². The van der Waals surface area contributed by atoms with Crippen molar-refractivity contribution in [1.29, 1.82) is 0 Å². The Balaban J connectivity index is 2.47. The highest BCUT2D eigenvalue weighted by Crippen LogP contribution is 2.16. The fourth-order valence-corrected chi connectivity index (χ4v) is 2.11. The van der Waals surface area contributed by atoms with E-state index in [1.54, 1.807) is 14.1 Å². The van der Waals surface area contributed by atoms with Gasteiger partial charge in [0.15, 0.2) is 6.54 Å². The Morgan fingerprint density at radius 1 is 1.19 bits per heavy atom. The molecule has 1 aromatic rings. The highest BCUT2D eigenvalue weighted by molar-refractivity contribution is 5.84. The second kappa shape index (κ2) is 8.42. The highest BCUT2D eigenvalue weighted by atomic mass is 16.2. The van der Waals surface area contributed by atoms with Crippen molar-refractivity contribution < 1.29 is 14.9 Å². The molecule has 2 amide bonds.